The lowest BCUT2D eigenvalue weighted by Gasteiger charge is -2.19. The molecule has 1 aromatic heterocycles. The summed E-state index contributed by atoms with van der Waals surface area (Å²) in [5, 5.41) is 0. The first kappa shape index (κ1) is 13.8. The van der Waals surface area contributed by atoms with Crippen LogP contribution in [0.3, 0.4) is 0 Å². The Morgan fingerprint density at radius 2 is 2.28 bits per heavy atom. The van der Waals surface area contributed by atoms with E-state index in [1.54, 1.807) is 7.11 Å². The second kappa shape index (κ2) is 6.04. The van der Waals surface area contributed by atoms with E-state index in [2.05, 4.69) is 38.5 Å². The van der Waals surface area contributed by atoms with E-state index in [-0.39, 0.29) is 6.04 Å². The summed E-state index contributed by atoms with van der Waals surface area (Å²) in [7, 11) is 1.72. The van der Waals surface area contributed by atoms with Crippen molar-refractivity contribution in [2.24, 2.45) is 0 Å². The van der Waals surface area contributed by atoms with Crippen LogP contribution >= 0.6 is 27.5 Å². The number of imidazole rings is 1. The molecule has 1 unspecified atom stereocenters. The Hall–Kier alpha value is -0.580. The average Bonchev–Trinajstić information content (AvgIpc) is 2.73. The van der Waals surface area contributed by atoms with Crippen LogP contribution in [0.5, 0.6) is 0 Å². The summed E-state index contributed by atoms with van der Waals surface area (Å²) in [5.41, 5.74) is 2.08. The third-order valence-corrected chi connectivity index (χ3v) is 3.77. The average molecular weight is 332 g/mol. The van der Waals surface area contributed by atoms with Crippen LogP contribution < -0.4 is 0 Å². The van der Waals surface area contributed by atoms with E-state index >= 15 is 0 Å². The zero-order chi connectivity index (χ0) is 13.1. The monoisotopic (exact) mass is 330 g/mol. The molecule has 18 heavy (non-hydrogen) atoms. The predicted molar refractivity (Wildman–Crippen MR) is 78.2 cm³/mol. The van der Waals surface area contributed by atoms with Crippen molar-refractivity contribution in [2.75, 3.05) is 13.7 Å². The van der Waals surface area contributed by atoms with Crippen molar-refractivity contribution in [3.63, 3.8) is 0 Å². The van der Waals surface area contributed by atoms with E-state index in [4.69, 9.17) is 16.3 Å². The fourth-order valence-electron chi connectivity index (χ4n) is 2.19. The molecule has 0 saturated heterocycles. The molecule has 0 saturated carbocycles. The number of aromatic nitrogens is 2. The number of alkyl halides is 1. The zero-order valence-electron chi connectivity index (χ0n) is 10.5. The minimum Gasteiger partial charge on any atom is -0.383 e. The minimum atomic E-state index is 0.273. The number of fused-ring (bicyclic) bond motifs is 1. The molecule has 0 aliphatic carbocycles. The molecule has 0 fully saturated rings. The van der Waals surface area contributed by atoms with Gasteiger partial charge in [-0.25, -0.2) is 4.98 Å². The topological polar surface area (TPSA) is 27.1 Å². The van der Waals surface area contributed by atoms with Crippen LogP contribution in [-0.2, 0) is 10.6 Å². The third-order valence-electron chi connectivity index (χ3n) is 3.04. The highest BCUT2D eigenvalue weighted by Crippen LogP contribution is 2.26. The molecular weight excluding hydrogens is 316 g/mol. The number of methoxy groups -OCH3 is 1. The molecule has 3 nitrogen and oxygen atoms in total. The summed E-state index contributed by atoms with van der Waals surface area (Å²) in [4.78, 5) is 4.59. The van der Waals surface area contributed by atoms with E-state index < -0.39 is 0 Å². The summed E-state index contributed by atoms with van der Waals surface area (Å²) < 4.78 is 8.51. The number of hydrogen-bond acceptors (Lipinski definition) is 2. The summed E-state index contributed by atoms with van der Waals surface area (Å²) in [6, 6.07) is 6.38. The number of halogens is 2. The molecule has 0 radical (unpaired) electrons. The molecule has 5 heteroatoms. The first-order valence-corrected chi connectivity index (χ1v) is 7.25. The molecular formula is C13H16BrClN2O. The summed E-state index contributed by atoms with van der Waals surface area (Å²) in [6.45, 7) is 2.81. The Labute approximate surface area is 120 Å². The number of ether oxygens (including phenoxy) is 1. The standard InChI is InChI=1S/C13H16BrClN2O/c1-3-10(8-18-2)17-12-5-4-9(14)6-11(12)16-13(17)7-15/h4-6,10H,3,7-8H2,1-2H3. The van der Waals surface area contributed by atoms with Gasteiger partial charge in [0.25, 0.3) is 0 Å². The van der Waals surface area contributed by atoms with Gasteiger partial charge in [0, 0.05) is 11.6 Å². The molecule has 0 amide bonds. The smallest absolute Gasteiger partial charge is 0.125 e. The number of benzene rings is 1. The molecule has 1 atom stereocenters. The maximum absolute atomic E-state index is 6.01. The van der Waals surface area contributed by atoms with Crippen molar-refractivity contribution in [2.45, 2.75) is 25.3 Å². The fraction of sp³-hybridized carbons (Fsp3) is 0.462. The van der Waals surface area contributed by atoms with E-state index in [1.165, 1.54) is 0 Å². The number of hydrogen-bond donors (Lipinski definition) is 0. The van der Waals surface area contributed by atoms with Crippen molar-refractivity contribution in [3.8, 4) is 0 Å². The summed E-state index contributed by atoms with van der Waals surface area (Å²) in [5.74, 6) is 1.31. The first-order chi connectivity index (χ1) is 8.71. The van der Waals surface area contributed by atoms with Gasteiger partial charge in [-0.05, 0) is 24.6 Å². The van der Waals surface area contributed by atoms with Crippen molar-refractivity contribution in [1.29, 1.82) is 0 Å². The zero-order valence-corrected chi connectivity index (χ0v) is 12.8. The van der Waals surface area contributed by atoms with Gasteiger partial charge in [0.05, 0.1) is 29.6 Å². The molecule has 1 heterocycles. The van der Waals surface area contributed by atoms with Crippen LogP contribution in [0.1, 0.15) is 25.2 Å². The maximum Gasteiger partial charge on any atom is 0.125 e. The van der Waals surface area contributed by atoms with Crippen LogP contribution in [0.15, 0.2) is 22.7 Å². The van der Waals surface area contributed by atoms with Gasteiger partial charge in [0.15, 0.2) is 0 Å². The third kappa shape index (κ3) is 2.56. The second-order valence-electron chi connectivity index (χ2n) is 4.18. The fourth-order valence-corrected chi connectivity index (χ4v) is 2.73. The van der Waals surface area contributed by atoms with Crippen LogP contribution in [0.25, 0.3) is 11.0 Å². The molecule has 0 N–H and O–H groups in total. The van der Waals surface area contributed by atoms with E-state index in [9.17, 15) is 0 Å². The van der Waals surface area contributed by atoms with Gasteiger partial charge in [-0.15, -0.1) is 11.6 Å². The molecule has 1 aromatic carbocycles. The van der Waals surface area contributed by atoms with E-state index in [0.29, 0.717) is 12.5 Å². The maximum atomic E-state index is 6.01. The van der Waals surface area contributed by atoms with Gasteiger partial charge in [0.1, 0.15) is 5.82 Å². The van der Waals surface area contributed by atoms with Gasteiger partial charge in [-0.3, -0.25) is 0 Å². The predicted octanol–water partition coefficient (Wildman–Crippen LogP) is 4.14. The second-order valence-corrected chi connectivity index (χ2v) is 5.37. The van der Waals surface area contributed by atoms with Gasteiger partial charge in [-0.1, -0.05) is 22.9 Å². The first-order valence-electron chi connectivity index (χ1n) is 5.92. The van der Waals surface area contributed by atoms with Crippen molar-refractivity contribution in [3.05, 3.63) is 28.5 Å². The molecule has 0 bridgehead atoms. The van der Waals surface area contributed by atoms with Crippen molar-refractivity contribution >= 4 is 38.6 Å². The molecule has 0 aliphatic rings. The Bertz CT molecular complexity index is 541. The SMILES string of the molecule is CCC(COC)n1c(CCl)nc2cc(Br)ccc21. The van der Waals surface area contributed by atoms with Crippen LogP contribution in [0, 0.1) is 0 Å². The van der Waals surface area contributed by atoms with Crippen LogP contribution in [-0.4, -0.2) is 23.3 Å². The van der Waals surface area contributed by atoms with Crippen molar-refractivity contribution in [1.82, 2.24) is 9.55 Å². The quantitative estimate of drug-likeness (QED) is 0.770. The summed E-state index contributed by atoms with van der Waals surface area (Å²) in [6.07, 6.45) is 0.985. The van der Waals surface area contributed by atoms with Gasteiger partial charge in [0.2, 0.25) is 0 Å². The lowest BCUT2D eigenvalue weighted by atomic mass is 10.2. The lowest BCUT2D eigenvalue weighted by Crippen LogP contribution is -2.16. The normalized spacial score (nSPS) is 13.1. The highest BCUT2D eigenvalue weighted by Gasteiger charge is 2.17. The Kier molecular flexibility index (Phi) is 4.65. The Balaban J connectivity index is 2.58. The highest BCUT2D eigenvalue weighted by atomic mass is 79.9. The lowest BCUT2D eigenvalue weighted by molar-refractivity contribution is 0.154. The van der Waals surface area contributed by atoms with E-state index in [0.717, 1.165) is 27.8 Å². The minimum absolute atomic E-state index is 0.273. The number of rotatable bonds is 5. The van der Waals surface area contributed by atoms with Crippen LogP contribution in [0.2, 0.25) is 0 Å². The van der Waals surface area contributed by atoms with Gasteiger partial charge >= 0.3 is 0 Å². The Morgan fingerprint density at radius 1 is 1.50 bits per heavy atom. The largest absolute Gasteiger partial charge is 0.383 e. The van der Waals surface area contributed by atoms with Gasteiger partial charge in [-0.2, -0.15) is 0 Å². The molecule has 98 valence electrons. The van der Waals surface area contributed by atoms with E-state index in [1.807, 2.05) is 12.1 Å². The molecule has 0 spiro atoms. The Morgan fingerprint density at radius 3 is 2.89 bits per heavy atom. The van der Waals surface area contributed by atoms with Crippen molar-refractivity contribution < 1.29 is 4.74 Å². The highest BCUT2D eigenvalue weighted by molar-refractivity contribution is 9.10. The molecule has 0 aliphatic heterocycles. The summed E-state index contributed by atoms with van der Waals surface area (Å²) >= 11 is 9.47. The number of nitrogens with zero attached hydrogens (tertiary/aromatic N) is 2. The molecule has 2 rings (SSSR count). The van der Waals surface area contributed by atoms with Gasteiger partial charge < -0.3 is 9.30 Å². The molecule has 2 aromatic rings. The van der Waals surface area contributed by atoms with Crippen LogP contribution in [0.4, 0.5) is 0 Å².